The van der Waals surface area contributed by atoms with Gasteiger partial charge in [0.15, 0.2) is 0 Å². The van der Waals surface area contributed by atoms with Crippen molar-refractivity contribution in [1.82, 2.24) is 0 Å². The molecule has 0 N–H and O–H groups in total. The fraction of sp³-hybridized carbons (Fsp3) is 0.857. The van der Waals surface area contributed by atoms with Gasteiger partial charge >= 0.3 is 26.5 Å². The Hall–Kier alpha value is 0.474. The van der Waals surface area contributed by atoms with Gasteiger partial charge in [-0.2, -0.15) is 6.42 Å². The van der Waals surface area contributed by atoms with Crippen LogP contribution in [0.5, 0.6) is 0 Å². The summed E-state index contributed by atoms with van der Waals surface area (Å²) < 4.78 is 17.0. The van der Waals surface area contributed by atoms with Crippen molar-refractivity contribution in [1.29, 1.82) is 0 Å². The first kappa shape index (κ1) is 13.1. The number of unbranched alkanes of at least 4 members (excludes halogenated alkanes) is 4. The van der Waals surface area contributed by atoms with Crippen LogP contribution < -0.4 is 3.69 Å². The Labute approximate surface area is 72.7 Å². The van der Waals surface area contributed by atoms with Crippen molar-refractivity contribution in [2.75, 3.05) is 0 Å². The molecule has 0 heterocycles. The first-order valence-corrected chi connectivity index (χ1v) is 4.89. The van der Waals surface area contributed by atoms with Crippen LogP contribution in [0.1, 0.15) is 39.0 Å². The van der Waals surface area contributed by atoms with Crippen molar-refractivity contribution in [2.45, 2.75) is 39.0 Å². The summed E-state index contributed by atoms with van der Waals surface area (Å²) in [6, 6.07) is 0. The molecule has 0 unspecified atom stereocenters. The molecule has 0 aliphatic carbocycles. The zero-order valence-corrected chi connectivity index (χ0v) is 8.12. The average molecular weight is 179 g/mol. The van der Waals surface area contributed by atoms with E-state index in [2.05, 4.69) is 13.8 Å². The van der Waals surface area contributed by atoms with Gasteiger partial charge in [0.1, 0.15) is 0 Å². The van der Waals surface area contributed by atoms with Crippen molar-refractivity contribution in [2.24, 2.45) is 0 Å². The third-order valence-electron chi connectivity index (χ3n) is 1.10. The van der Waals surface area contributed by atoms with E-state index in [0.29, 0.717) is 0 Å². The Morgan fingerprint density at radius 1 is 1.40 bits per heavy atom. The Balaban J connectivity index is 0. The molecule has 0 saturated carbocycles. The third kappa shape index (κ3) is 23.6. The van der Waals surface area contributed by atoms with Crippen molar-refractivity contribution in [3.63, 3.8) is 0 Å². The van der Waals surface area contributed by atoms with Crippen LogP contribution in [-0.2, 0) is 22.8 Å². The maximum absolute atomic E-state index is 8.50. The molecule has 0 aromatic heterocycles. The van der Waals surface area contributed by atoms with E-state index >= 15 is 0 Å². The number of hydrogen-bond donors (Lipinski definition) is 0. The van der Waals surface area contributed by atoms with Crippen LogP contribution in [0, 0.1) is 6.92 Å². The second-order valence-corrected chi connectivity index (χ2v) is 2.26. The summed E-state index contributed by atoms with van der Waals surface area (Å²) in [5.41, 5.74) is 0. The third-order valence-corrected chi connectivity index (χ3v) is 1.10. The van der Waals surface area contributed by atoms with E-state index in [0.717, 1.165) is 6.42 Å². The Morgan fingerprint density at radius 3 is 2.20 bits per heavy atom. The molecule has 0 aromatic rings. The first-order chi connectivity index (χ1) is 4.83. The quantitative estimate of drug-likeness (QED) is 0.372. The fourth-order valence-corrected chi connectivity index (χ4v) is 0.604. The summed E-state index contributed by atoms with van der Waals surface area (Å²) in [6.45, 7) is 5.98. The summed E-state index contributed by atoms with van der Waals surface area (Å²) in [5, 5.41) is 0. The van der Waals surface area contributed by atoms with Gasteiger partial charge in [0.05, 0.1) is 0 Å². The van der Waals surface area contributed by atoms with Crippen LogP contribution >= 0.6 is 0 Å². The van der Waals surface area contributed by atoms with Crippen LogP contribution in [0.3, 0.4) is 0 Å². The molecule has 0 amide bonds. The van der Waals surface area contributed by atoms with Crippen LogP contribution in [0.15, 0.2) is 0 Å². The Kier molecular flexibility index (Phi) is 21.3. The van der Waals surface area contributed by atoms with Gasteiger partial charge in [0.25, 0.3) is 0 Å². The molecule has 0 aromatic carbocycles. The fourth-order valence-electron chi connectivity index (χ4n) is 0.604. The molecule has 0 bridgehead atoms. The van der Waals surface area contributed by atoms with Gasteiger partial charge in [0.2, 0.25) is 0 Å². The van der Waals surface area contributed by atoms with E-state index in [-0.39, 0.29) is 0 Å². The van der Waals surface area contributed by atoms with E-state index in [1.807, 2.05) is 0 Å². The summed E-state index contributed by atoms with van der Waals surface area (Å²) in [4.78, 5) is 0. The molecular weight excluding hydrogens is 164 g/mol. The standard InChI is InChI=1S/C7H15.2O.Ti/c1-3-5-7-6-4-2;;;/h1,3-7H2,2H3;;;/q-1;;-1;. The van der Waals surface area contributed by atoms with Gasteiger partial charge in [-0.25, -0.2) is 0 Å². The van der Waals surface area contributed by atoms with Gasteiger partial charge in [-0.15, -0.1) is 0 Å². The number of rotatable bonds is 4. The topological polar surface area (TPSA) is 40.1 Å². The summed E-state index contributed by atoms with van der Waals surface area (Å²) in [6.07, 6.45) is 6.52. The minimum atomic E-state index is -2.00. The van der Waals surface area contributed by atoms with Crippen molar-refractivity contribution < 1.29 is 26.5 Å². The predicted octanol–water partition coefficient (Wildman–Crippen LogP) is 1.48. The molecule has 61 valence electrons. The van der Waals surface area contributed by atoms with E-state index in [1.165, 1.54) is 25.7 Å². The predicted molar refractivity (Wildman–Crippen MR) is 34.8 cm³/mol. The zero-order valence-electron chi connectivity index (χ0n) is 6.56. The average Bonchev–Trinajstić information content (AvgIpc) is 1.91. The van der Waals surface area contributed by atoms with Crippen molar-refractivity contribution >= 4 is 0 Å². The van der Waals surface area contributed by atoms with Gasteiger partial charge in [-0.1, -0.05) is 32.6 Å². The van der Waals surface area contributed by atoms with Gasteiger partial charge in [-0.3, -0.25) is 0 Å². The molecule has 0 spiro atoms. The van der Waals surface area contributed by atoms with E-state index in [9.17, 15) is 0 Å². The molecule has 2 nitrogen and oxygen atoms in total. The van der Waals surface area contributed by atoms with Crippen LogP contribution in [0.25, 0.3) is 0 Å². The summed E-state index contributed by atoms with van der Waals surface area (Å²) in [5.74, 6) is 0. The van der Waals surface area contributed by atoms with E-state index < -0.39 is 19.5 Å². The molecule has 0 atom stereocenters. The monoisotopic (exact) mass is 179 g/mol. The molecule has 0 rings (SSSR count). The van der Waals surface area contributed by atoms with Crippen molar-refractivity contribution in [3.05, 3.63) is 6.92 Å². The van der Waals surface area contributed by atoms with Crippen LogP contribution in [0.2, 0.25) is 0 Å². The maximum atomic E-state index is 8.50. The normalized spacial score (nSPS) is 7.50. The molecule has 0 aliphatic rings. The molecule has 0 aliphatic heterocycles. The van der Waals surface area contributed by atoms with E-state index in [1.54, 1.807) is 0 Å². The Morgan fingerprint density at radius 2 is 1.90 bits per heavy atom. The molecule has 0 saturated heterocycles. The molecule has 10 heavy (non-hydrogen) atoms. The summed E-state index contributed by atoms with van der Waals surface area (Å²) >= 11 is -2.00. The Bertz CT molecular complexity index is 53.6. The zero-order chi connectivity index (χ0) is 8.24. The van der Waals surface area contributed by atoms with Crippen LogP contribution in [0.4, 0.5) is 0 Å². The van der Waals surface area contributed by atoms with Gasteiger partial charge < -0.3 is 6.92 Å². The molecule has 0 fully saturated rings. The minimum absolute atomic E-state index is 1.11. The van der Waals surface area contributed by atoms with E-state index in [4.69, 9.17) is 7.01 Å². The second kappa shape index (κ2) is 16.2. The van der Waals surface area contributed by atoms with Gasteiger partial charge in [0, 0.05) is 0 Å². The first-order valence-electron chi connectivity index (χ1n) is 3.62. The molecule has 3 heteroatoms. The second-order valence-electron chi connectivity index (χ2n) is 2.00. The molecule has 0 radical (unpaired) electrons. The van der Waals surface area contributed by atoms with Crippen molar-refractivity contribution in [3.8, 4) is 0 Å². The SMILES string of the molecule is [CH2-]CCCCCC.[O]=[Ti][O-]. The summed E-state index contributed by atoms with van der Waals surface area (Å²) in [7, 11) is 0. The van der Waals surface area contributed by atoms with Crippen LogP contribution in [-0.4, -0.2) is 0 Å². The molecular formula is C7H15O2Ti-2. The van der Waals surface area contributed by atoms with Gasteiger partial charge in [-0.05, 0) is 0 Å². The number of hydrogen-bond acceptors (Lipinski definition) is 2.